The summed E-state index contributed by atoms with van der Waals surface area (Å²) in [5, 5.41) is 19.2. The van der Waals surface area contributed by atoms with Crippen molar-refractivity contribution in [2.24, 2.45) is 0 Å². The van der Waals surface area contributed by atoms with Crippen LogP contribution in [0.3, 0.4) is 0 Å². The zero-order chi connectivity index (χ0) is 31.4. The van der Waals surface area contributed by atoms with Gasteiger partial charge in [0.1, 0.15) is 23.8 Å². The van der Waals surface area contributed by atoms with Gasteiger partial charge in [0.05, 0.1) is 12.2 Å². The van der Waals surface area contributed by atoms with Gasteiger partial charge in [-0.15, -0.1) is 10.2 Å². The number of rotatable bonds is 11. The number of fused-ring (bicyclic) bond motifs is 2. The molecule has 11 nitrogen and oxygen atoms in total. The van der Waals surface area contributed by atoms with E-state index < -0.39 is 11.7 Å². The van der Waals surface area contributed by atoms with Gasteiger partial charge >= 0.3 is 6.09 Å². The number of aromatic nitrogens is 5. The Morgan fingerprint density at radius 2 is 1.75 bits per heavy atom. The van der Waals surface area contributed by atoms with E-state index in [0.717, 1.165) is 48.6 Å². The highest BCUT2D eigenvalue weighted by Gasteiger charge is 2.42. The predicted molar refractivity (Wildman–Crippen MR) is 168 cm³/mol. The summed E-state index contributed by atoms with van der Waals surface area (Å²) in [6.45, 7) is 13.2. The van der Waals surface area contributed by atoms with Crippen LogP contribution in [0.2, 0.25) is 0 Å². The minimum Gasteiger partial charge on any atom is -0.444 e. The van der Waals surface area contributed by atoms with Crippen molar-refractivity contribution in [3.63, 3.8) is 0 Å². The number of carbonyl (C=O) groups excluding carboxylic acids is 2. The Labute approximate surface area is 260 Å². The molecule has 2 unspecified atom stereocenters. The molecule has 11 heteroatoms. The zero-order valence-electron chi connectivity index (χ0n) is 27.0. The summed E-state index contributed by atoms with van der Waals surface area (Å²) >= 11 is 0. The predicted octanol–water partition coefficient (Wildman–Crippen LogP) is 5.05. The third-order valence-corrected chi connectivity index (χ3v) is 8.67. The molecule has 3 aromatic rings. The number of hydrogen-bond acceptors (Lipinski definition) is 7. The van der Waals surface area contributed by atoms with Crippen molar-refractivity contribution < 1.29 is 14.3 Å². The van der Waals surface area contributed by atoms with Gasteiger partial charge in [0.15, 0.2) is 0 Å². The lowest BCUT2D eigenvalue weighted by molar-refractivity contribution is -0.122. The largest absolute Gasteiger partial charge is 0.444 e. The Bertz CT molecular complexity index is 1400. The molecule has 238 valence electrons. The standard InChI is InChI=1S/C33H48N8O3/c1-22(2)31-38-37-23(3)41(31)28-16-26-12-13-27(17-28)40(26)15-14-29(25-10-8-7-9-11-25)36-30(42)21-39-20-24(19-35-39)18-34-32(43)44-33(4,5)6/h7-11,19-20,22,26-29H,12-18,21H2,1-6H3,(H,34,43)(H,36,42)/t26?,27?,28?,29-/m0/s1. The van der Waals surface area contributed by atoms with E-state index >= 15 is 0 Å². The zero-order valence-corrected chi connectivity index (χ0v) is 27.0. The van der Waals surface area contributed by atoms with Gasteiger partial charge in [0.2, 0.25) is 5.91 Å². The molecule has 2 N–H and O–H groups in total. The molecular weight excluding hydrogens is 556 g/mol. The fourth-order valence-electron chi connectivity index (χ4n) is 6.80. The number of alkyl carbamates (subject to hydrolysis) is 1. The molecule has 2 fully saturated rings. The Morgan fingerprint density at radius 1 is 1.05 bits per heavy atom. The summed E-state index contributed by atoms with van der Waals surface area (Å²) in [6, 6.07) is 11.6. The highest BCUT2D eigenvalue weighted by Crippen LogP contribution is 2.42. The van der Waals surface area contributed by atoms with Gasteiger partial charge in [-0.25, -0.2) is 4.79 Å². The van der Waals surface area contributed by atoms with E-state index in [2.05, 4.69) is 68.3 Å². The maximum atomic E-state index is 13.2. The van der Waals surface area contributed by atoms with Crippen LogP contribution in [0.4, 0.5) is 4.79 Å². The lowest BCUT2D eigenvalue weighted by Crippen LogP contribution is -2.45. The summed E-state index contributed by atoms with van der Waals surface area (Å²) in [5.74, 6) is 2.36. The molecule has 0 aliphatic carbocycles. The molecule has 5 rings (SSSR count). The van der Waals surface area contributed by atoms with Crippen LogP contribution in [0.25, 0.3) is 0 Å². The molecule has 1 aromatic carbocycles. The molecule has 2 aliphatic heterocycles. The molecule has 2 saturated heterocycles. The topological polar surface area (TPSA) is 119 Å². The van der Waals surface area contributed by atoms with E-state index in [9.17, 15) is 9.59 Å². The molecule has 2 amide bonds. The maximum absolute atomic E-state index is 13.2. The van der Waals surface area contributed by atoms with Crippen molar-refractivity contribution in [1.82, 2.24) is 40.1 Å². The molecule has 4 heterocycles. The fourth-order valence-corrected chi connectivity index (χ4v) is 6.80. The Hall–Kier alpha value is -3.73. The van der Waals surface area contributed by atoms with Crippen molar-refractivity contribution in [3.8, 4) is 0 Å². The highest BCUT2D eigenvalue weighted by atomic mass is 16.6. The summed E-state index contributed by atoms with van der Waals surface area (Å²) in [6.07, 6.45) is 8.44. The second-order valence-electron chi connectivity index (χ2n) is 13.6. The average Bonchev–Trinajstić information content (AvgIpc) is 3.64. The van der Waals surface area contributed by atoms with Crippen molar-refractivity contribution in [2.75, 3.05) is 6.54 Å². The van der Waals surface area contributed by atoms with Crippen molar-refractivity contribution in [2.45, 2.75) is 122 Å². The fraction of sp³-hybridized carbons (Fsp3) is 0.606. The van der Waals surface area contributed by atoms with E-state index in [1.165, 1.54) is 12.8 Å². The van der Waals surface area contributed by atoms with Gasteiger partial charge in [-0.1, -0.05) is 44.2 Å². The van der Waals surface area contributed by atoms with E-state index in [4.69, 9.17) is 4.74 Å². The van der Waals surface area contributed by atoms with Crippen LogP contribution in [0.1, 0.15) is 108 Å². The number of benzene rings is 1. The first-order valence-electron chi connectivity index (χ1n) is 16.0. The van der Waals surface area contributed by atoms with Crippen LogP contribution < -0.4 is 10.6 Å². The lowest BCUT2D eigenvalue weighted by atomic mass is 9.95. The van der Waals surface area contributed by atoms with Crippen LogP contribution in [0.5, 0.6) is 0 Å². The van der Waals surface area contributed by atoms with Crippen molar-refractivity contribution in [3.05, 3.63) is 65.5 Å². The van der Waals surface area contributed by atoms with Gasteiger partial charge in [-0.3, -0.25) is 14.4 Å². The summed E-state index contributed by atoms with van der Waals surface area (Å²) in [4.78, 5) is 27.9. The monoisotopic (exact) mass is 604 g/mol. The molecule has 2 aromatic heterocycles. The van der Waals surface area contributed by atoms with Crippen LogP contribution >= 0.6 is 0 Å². The van der Waals surface area contributed by atoms with E-state index in [0.29, 0.717) is 24.0 Å². The normalized spacial score (nSPS) is 20.9. The van der Waals surface area contributed by atoms with E-state index in [1.807, 2.05) is 39.0 Å². The van der Waals surface area contributed by atoms with Gasteiger partial charge in [-0.2, -0.15) is 5.10 Å². The number of nitrogens with zero attached hydrogens (tertiary/aromatic N) is 6. The second-order valence-corrected chi connectivity index (χ2v) is 13.6. The minimum atomic E-state index is -0.563. The second kappa shape index (κ2) is 13.5. The summed E-state index contributed by atoms with van der Waals surface area (Å²) in [5.41, 5.74) is 1.34. The number of amides is 2. The first-order valence-corrected chi connectivity index (χ1v) is 16.0. The Balaban J connectivity index is 1.18. The summed E-state index contributed by atoms with van der Waals surface area (Å²) in [7, 11) is 0. The SMILES string of the molecule is Cc1nnc(C(C)C)n1C1CC2CCC(C1)N2CC[C@H](NC(=O)Cn1cc(CNC(=O)OC(C)(C)C)cn1)c1ccccc1. The van der Waals surface area contributed by atoms with Crippen LogP contribution in [0.15, 0.2) is 42.7 Å². The number of hydrogen-bond donors (Lipinski definition) is 2. The highest BCUT2D eigenvalue weighted by molar-refractivity contribution is 5.76. The first kappa shape index (κ1) is 31.7. The van der Waals surface area contributed by atoms with Crippen molar-refractivity contribution >= 4 is 12.0 Å². The number of carbonyl (C=O) groups is 2. The lowest BCUT2D eigenvalue weighted by Gasteiger charge is -2.40. The first-order chi connectivity index (χ1) is 21.0. The van der Waals surface area contributed by atoms with Gasteiger partial charge < -0.3 is 19.9 Å². The average molecular weight is 605 g/mol. The van der Waals surface area contributed by atoms with Crippen LogP contribution in [-0.2, 0) is 22.6 Å². The Kier molecular flexibility index (Phi) is 9.72. The molecule has 0 spiro atoms. The molecule has 2 aliphatic rings. The van der Waals surface area contributed by atoms with Gasteiger partial charge in [0, 0.05) is 48.9 Å². The number of piperidine rings is 1. The molecule has 3 atom stereocenters. The number of ether oxygens (including phenoxy) is 1. The molecule has 0 saturated carbocycles. The van der Waals surface area contributed by atoms with Crippen molar-refractivity contribution in [1.29, 1.82) is 0 Å². The third-order valence-electron chi connectivity index (χ3n) is 8.67. The van der Waals surface area contributed by atoms with E-state index in [-0.39, 0.29) is 25.0 Å². The maximum Gasteiger partial charge on any atom is 0.407 e. The molecule has 0 radical (unpaired) electrons. The smallest absolute Gasteiger partial charge is 0.407 e. The number of nitrogens with one attached hydrogen (secondary N) is 2. The molecule has 44 heavy (non-hydrogen) atoms. The number of aryl methyl sites for hydroxylation is 1. The van der Waals surface area contributed by atoms with Gasteiger partial charge in [0.25, 0.3) is 0 Å². The third kappa shape index (κ3) is 7.85. The molecular formula is C33H48N8O3. The van der Waals surface area contributed by atoms with Gasteiger partial charge in [-0.05, 0) is 65.4 Å². The quantitative estimate of drug-likeness (QED) is 0.315. The molecule has 2 bridgehead atoms. The Morgan fingerprint density at radius 3 is 2.41 bits per heavy atom. The summed E-state index contributed by atoms with van der Waals surface area (Å²) < 4.78 is 9.29. The van der Waals surface area contributed by atoms with E-state index in [1.54, 1.807) is 17.1 Å². The van der Waals surface area contributed by atoms with Crippen LogP contribution in [-0.4, -0.2) is 65.7 Å². The minimum absolute atomic E-state index is 0.0976. The van der Waals surface area contributed by atoms with Crippen LogP contribution in [0, 0.1) is 6.92 Å².